The SMILES string of the molecule is N#Cc1ccc(N(Cc2ccccc2C(F)(F)F)C2CCNC2)cc1C(F)(F)F. The Morgan fingerprint density at radius 3 is 2.28 bits per heavy atom. The molecule has 1 heterocycles. The molecule has 154 valence electrons. The van der Waals surface area contributed by atoms with E-state index in [0.717, 1.165) is 18.2 Å². The molecule has 29 heavy (non-hydrogen) atoms. The number of alkyl halides is 6. The smallest absolute Gasteiger partial charge is 0.363 e. The van der Waals surface area contributed by atoms with Crippen LogP contribution in [-0.4, -0.2) is 19.1 Å². The van der Waals surface area contributed by atoms with Gasteiger partial charge in [-0.15, -0.1) is 0 Å². The highest BCUT2D eigenvalue weighted by atomic mass is 19.4. The molecule has 1 unspecified atom stereocenters. The Morgan fingerprint density at radius 2 is 1.69 bits per heavy atom. The summed E-state index contributed by atoms with van der Waals surface area (Å²) in [5.41, 5.74) is -2.34. The number of hydrogen-bond donors (Lipinski definition) is 1. The van der Waals surface area contributed by atoms with Gasteiger partial charge in [-0.05, 0) is 42.8 Å². The normalized spacial score (nSPS) is 17.2. The molecule has 0 aromatic heterocycles. The zero-order valence-corrected chi connectivity index (χ0v) is 15.1. The van der Waals surface area contributed by atoms with Crippen LogP contribution >= 0.6 is 0 Å². The van der Waals surface area contributed by atoms with Gasteiger partial charge >= 0.3 is 12.4 Å². The second-order valence-corrected chi connectivity index (χ2v) is 6.77. The van der Waals surface area contributed by atoms with Gasteiger partial charge in [-0.1, -0.05) is 18.2 Å². The van der Waals surface area contributed by atoms with Gasteiger partial charge < -0.3 is 10.2 Å². The maximum atomic E-state index is 13.4. The van der Waals surface area contributed by atoms with Gasteiger partial charge in [0.1, 0.15) is 0 Å². The molecule has 1 fully saturated rings. The summed E-state index contributed by atoms with van der Waals surface area (Å²) in [6, 6.07) is 9.52. The Kier molecular flexibility index (Phi) is 5.75. The van der Waals surface area contributed by atoms with Gasteiger partial charge in [0.05, 0.1) is 22.8 Å². The predicted octanol–water partition coefficient (Wildman–Crippen LogP) is 4.96. The number of benzene rings is 2. The van der Waals surface area contributed by atoms with Crippen molar-refractivity contribution in [1.29, 1.82) is 5.26 Å². The molecule has 9 heteroatoms. The van der Waals surface area contributed by atoms with Crippen molar-refractivity contribution in [3.63, 3.8) is 0 Å². The summed E-state index contributed by atoms with van der Waals surface area (Å²) in [5.74, 6) is 0. The number of nitrogens with zero attached hydrogens (tertiary/aromatic N) is 2. The molecule has 1 N–H and O–H groups in total. The highest BCUT2D eigenvalue weighted by Gasteiger charge is 2.36. The molecule has 1 aliphatic heterocycles. The lowest BCUT2D eigenvalue weighted by Gasteiger charge is -2.32. The van der Waals surface area contributed by atoms with Gasteiger partial charge in [0.15, 0.2) is 0 Å². The van der Waals surface area contributed by atoms with Crippen LogP contribution in [0.15, 0.2) is 42.5 Å². The van der Waals surface area contributed by atoms with Crippen molar-refractivity contribution in [2.45, 2.75) is 31.4 Å². The van der Waals surface area contributed by atoms with Crippen LogP contribution in [0.4, 0.5) is 32.0 Å². The van der Waals surface area contributed by atoms with Crippen LogP contribution in [0.2, 0.25) is 0 Å². The number of nitriles is 1. The Hall–Kier alpha value is -2.73. The first-order chi connectivity index (χ1) is 13.6. The fourth-order valence-corrected chi connectivity index (χ4v) is 3.50. The van der Waals surface area contributed by atoms with E-state index in [4.69, 9.17) is 5.26 Å². The van der Waals surface area contributed by atoms with E-state index in [-0.39, 0.29) is 23.8 Å². The van der Waals surface area contributed by atoms with E-state index in [2.05, 4.69) is 5.32 Å². The second-order valence-electron chi connectivity index (χ2n) is 6.77. The summed E-state index contributed by atoms with van der Waals surface area (Å²) in [4.78, 5) is 1.54. The molecule has 0 aliphatic carbocycles. The zero-order valence-electron chi connectivity index (χ0n) is 15.1. The lowest BCUT2D eigenvalue weighted by molar-refractivity contribution is -0.138. The van der Waals surface area contributed by atoms with E-state index >= 15 is 0 Å². The lowest BCUT2D eigenvalue weighted by Crippen LogP contribution is -2.37. The molecule has 0 amide bonds. The number of anilines is 1. The Balaban J connectivity index is 2.06. The monoisotopic (exact) mass is 413 g/mol. The van der Waals surface area contributed by atoms with Crippen molar-refractivity contribution in [2.75, 3.05) is 18.0 Å². The third-order valence-electron chi connectivity index (χ3n) is 4.90. The second kappa shape index (κ2) is 7.95. The number of hydrogen-bond acceptors (Lipinski definition) is 3. The third kappa shape index (κ3) is 4.65. The van der Waals surface area contributed by atoms with Gasteiger partial charge in [-0.25, -0.2) is 0 Å². The zero-order chi connectivity index (χ0) is 21.2. The standard InChI is InChI=1S/C20H17F6N3/c21-19(22,23)17-4-2-1-3-14(17)12-29(16-7-8-28-11-16)15-6-5-13(10-27)18(9-15)20(24,25)26/h1-6,9,16,28H,7-8,11-12H2. The molecular weight excluding hydrogens is 396 g/mol. The van der Waals surface area contributed by atoms with Crippen molar-refractivity contribution in [3.05, 3.63) is 64.7 Å². The summed E-state index contributed by atoms with van der Waals surface area (Å²) in [5, 5.41) is 12.1. The van der Waals surface area contributed by atoms with Crippen LogP contribution in [0.1, 0.15) is 28.7 Å². The quantitative estimate of drug-likeness (QED) is 0.720. The summed E-state index contributed by atoms with van der Waals surface area (Å²) in [6.45, 7) is 0.852. The summed E-state index contributed by atoms with van der Waals surface area (Å²) in [7, 11) is 0. The van der Waals surface area contributed by atoms with Crippen LogP contribution in [0.5, 0.6) is 0 Å². The van der Waals surface area contributed by atoms with Gasteiger partial charge in [-0.3, -0.25) is 0 Å². The maximum Gasteiger partial charge on any atom is 0.417 e. The average molecular weight is 413 g/mol. The van der Waals surface area contributed by atoms with Crippen molar-refractivity contribution in [2.24, 2.45) is 0 Å². The van der Waals surface area contributed by atoms with Crippen LogP contribution in [-0.2, 0) is 18.9 Å². The minimum Gasteiger partial charge on any atom is -0.363 e. The number of nitrogens with one attached hydrogen (secondary N) is 1. The molecule has 1 saturated heterocycles. The average Bonchev–Trinajstić information content (AvgIpc) is 3.19. The number of halogens is 6. The maximum absolute atomic E-state index is 13.4. The fourth-order valence-electron chi connectivity index (χ4n) is 3.50. The van der Waals surface area contributed by atoms with Crippen molar-refractivity contribution >= 4 is 5.69 Å². The van der Waals surface area contributed by atoms with Crippen LogP contribution in [0.25, 0.3) is 0 Å². The minimum absolute atomic E-state index is 0.0233. The molecule has 3 rings (SSSR count). The lowest BCUT2D eigenvalue weighted by atomic mass is 10.0. The molecule has 3 nitrogen and oxygen atoms in total. The van der Waals surface area contributed by atoms with Crippen molar-refractivity contribution in [3.8, 4) is 6.07 Å². The summed E-state index contributed by atoms with van der Waals surface area (Å²) in [6.07, 6.45) is -8.74. The third-order valence-corrected chi connectivity index (χ3v) is 4.90. The molecule has 0 radical (unpaired) electrons. The molecule has 1 atom stereocenters. The summed E-state index contributed by atoms with van der Waals surface area (Å²) < 4.78 is 80.3. The molecule has 0 saturated carbocycles. The van der Waals surface area contributed by atoms with E-state index in [0.29, 0.717) is 19.5 Å². The Labute approximate surface area is 163 Å². The molecule has 2 aromatic rings. The predicted molar refractivity (Wildman–Crippen MR) is 95.1 cm³/mol. The van der Waals surface area contributed by atoms with Crippen LogP contribution in [0.3, 0.4) is 0 Å². The van der Waals surface area contributed by atoms with Crippen LogP contribution in [0, 0.1) is 11.3 Å². The van der Waals surface area contributed by atoms with E-state index in [1.165, 1.54) is 30.3 Å². The first-order valence-electron chi connectivity index (χ1n) is 8.85. The Bertz CT molecular complexity index is 908. The highest BCUT2D eigenvalue weighted by molar-refractivity contribution is 5.56. The van der Waals surface area contributed by atoms with Gasteiger partial charge in [0.2, 0.25) is 0 Å². The van der Waals surface area contributed by atoms with Crippen molar-refractivity contribution < 1.29 is 26.3 Å². The van der Waals surface area contributed by atoms with E-state index in [1.54, 1.807) is 4.90 Å². The molecule has 0 spiro atoms. The largest absolute Gasteiger partial charge is 0.417 e. The van der Waals surface area contributed by atoms with E-state index < -0.39 is 29.0 Å². The molecule has 1 aliphatic rings. The number of rotatable bonds is 4. The molecule has 2 aromatic carbocycles. The van der Waals surface area contributed by atoms with Crippen LogP contribution < -0.4 is 10.2 Å². The summed E-state index contributed by atoms with van der Waals surface area (Å²) >= 11 is 0. The van der Waals surface area contributed by atoms with E-state index in [9.17, 15) is 26.3 Å². The molecular formula is C20H17F6N3. The van der Waals surface area contributed by atoms with Crippen molar-refractivity contribution in [1.82, 2.24) is 5.32 Å². The Morgan fingerprint density at radius 1 is 1.00 bits per heavy atom. The molecule has 0 bridgehead atoms. The fraction of sp³-hybridized carbons (Fsp3) is 0.350. The topological polar surface area (TPSA) is 39.1 Å². The first-order valence-corrected chi connectivity index (χ1v) is 8.85. The van der Waals surface area contributed by atoms with E-state index in [1.807, 2.05) is 0 Å². The van der Waals surface area contributed by atoms with Gasteiger partial charge in [-0.2, -0.15) is 31.6 Å². The van der Waals surface area contributed by atoms with Gasteiger partial charge in [0.25, 0.3) is 0 Å². The highest BCUT2D eigenvalue weighted by Crippen LogP contribution is 2.37. The van der Waals surface area contributed by atoms with Gasteiger partial charge in [0, 0.05) is 24.8 Å². The minimum atomic E-state index is -4.75. The first kappa shape index (κ1) is 21.0.